The average Bonchev–Trinajstić information content (AvgIpc) is 3.40. The van der Waals surface area contributed by atoms with Crippen molar-refractivity contribution in [3.05, 3.63) is 58.9 Å². The Morgan fingerprint density at radius 1 is 1.31 bits per heavy atom. The van der Waals surface area contributed by atoms with Crippen LogP contribution in [0.15, 0.2) is 36.4 Å². The van der Waals surface area contributed by atoms with Crippen LogP contribution < -0.4 is 4.74 Å². The smallest absolute Gasteiger partial charge is 0.387 e. The minimum absolute atomic E-state index is 0.0200. The van der Waals surface area contributed by atoms with Gasteiger partial charge < -0.3 is 14.0 Å². The first kappa shape index (κ1) is 25.3. The van der Waals surface area contributed by atoms with Crippen molar-refractivity contribution in [3.8, 4) is 17.6 Å². The van der Waals surface area contributed by atoms with Crippen molar-refractivity contribution in [2.45, 2.75) is 44.4 Å². The highest BCUT2D eigenvalue weighted by Gasteiger charge is 2.38. The largest absolute Gasteiger partial charge is 0.469 e. The quantitative estimate of drug-likeness (QED) is 0.195. The fourth-order valence-electron chi connectivity index (χ4n) is 4.67. The van der Waals surface area contributed by atoms with Crippen LogP contribution in [0.1, 0.15) is 65.1 Å². The van der Waals surface area contributed by atoms with E-state index in [1.165, 1.54) is 19.2 Å². The van der Waals surface area contributed by atoms with Crippen LogP contribution in [0.2, 0.25) is 0 Å². The number of halogens is 2. The van der Waals surface area contributed by atoms with Gasteiger partial charge in [-0.25, -0.2) is 4.98 Å². The Labute approximate surface area is 208 Å². The summed E-state index contributed by atoms with van der Waals surface area (Å²) in [5, 5.41) is 0. The monoisotopic (exact) mass is 495 g/mol. The molecule has 0 saturated heterocycles. The standard InChI is InChI=1S/C27H27F2N3O4/c1-31(2)22-15-21(25-18(16-33)9-7-10-23(25)36-27(28)29)32-20-14-17(12-13-19(20)30-26(22)32)8-5-4-6-11-24(34)35-3/h7,9-10,12-14,16,21-22,27H,4,6,11,15H2,1-3H3/t21-,22?/m1/s1. The Hall–Kier alpha value is -3.77. The molecule has 4 rings (SSSR count). The van der Waals surface area contributed by atoms with Crippen LogP contribution in [0, 0.1) is 11.8 Å². The average molecular weight is 496 g/mol. The van der Waals surface area contributed by atoms with Crippen LogP contribution in [0.5, 0.6) is 5.75 Å². The molecule has 1 aromatic heterocycles. The maximum atomic E-state index is 13.2. The summed E-state index contributed by atoms with van der Waals surface area (Å²) in [6.07, 6.45) is 2.67. The van der Waals surface area contributed by atoms with E-state index < -0.39 is 12.7 Å². The molecule has 0 spiro atoms. The van der Waals surface area contributed by atoms with Crippen LogP contribution >= 0.6 is 0 Å². The van der Waals surface area contributed by atoms with Crippen molar-refractivity contribution in [2.24, 2.45) is 0 Å². The molecule has 2 heterocycles. The number of rotatable bonds is 8. The number of hydrogen-bond donors (Lipinski definition) is 0. The van der Waals surface area contributed by atoms with E-state index in [4.69, 9.17) is 9.72 Å². The summed E-state index contributed by atoms with van der Waals surface area (Å²) in [4.78, 5) is 30.0. The number of unbranched alkanes of at least 4 members (excludes halogenated alkanes) is 1. The molecule has 0 amide bonds. The van der Waals surface area contributed by atoms with E-state index in [2.05, 4.69) is 16.6 Å². The zero-order valence-corrected chi connectivity index (χ0v) is 20.3. The molecule has 7 nitrogen and oxygen atoms in total. The molecule has 0 saturated carbocycles. The van der Waals surface area contributed by atoms with Crippen LogP contribution in [0.4, 0.5) is 8.78 Å². The van der Waals surface area contributed by atoms with E-state index in [1.807, 2.05) is 41.8 Å². The van der Waals surface area contributed by atoms with Crippen molar-refractivity contribution < 1.29 is 27.8 Å². The number of fused-ring (bicyclic) bond motifs is 3. The molecule has 0 N–H and O–H groups in total. The van der Waals surface area contributed by atoms with Crippen LogP contribution in [-0.4, -0.2) is 54.5 Å². The Balaban J connectivity index is 1.77. The first-order valence-corrected chi connectivity index (χ1v) is 11.6. The molecule has 0 aliphatic carbocycles. The maximum absolute atomic E-state index is 13.2. The van der Waals surface area contributed by atoms with Gasteiger partial charge in [0.15, 0.2) is 6.29 Å². The van der Waals surface area contributed by atoms with Crippen LogP contribution in [-0.2, 0) is 9.53 Å². The van der Waals surface area contributed by atoms with E-state index in [9.17, 15) is 18.4 Å². The molecular weight excluding hydrogens is 468 g/mol. The molecule has 0 bridgehead atoms. The summed E-state index contributed by atoms with van der Waals surface area (Å²) in [5.41, 5.74) is 3.02. The van der Waals surface area contributed by atoms with Gasteiger partial charge >= 0.3 is 12.6 Å². The van der Waals surface area contributed by atoms with E-state index in [0.717, 1.165) is 22.4 Å². The van der Waals surface area contributed by atoms with Gasteiger partial charge in [0, 0.05) is 29.5 Å². The SMILES string of the molecule is COC(=O)CCCC#Cc1ccc2nc3n(c2c1)[C@@H](c1c(C=O)cccc1OC(F)F)CC3N(C)C. The number of esters is 1. The normalized spacial score (nSPS) is 16.6. The van der Waals surface area contributed by atoms with E-state index in [-0.39, 0.29) is 17.8 Å². The summed E-state index contributed by atoms with van der Waals surface area (Å²) in [5.74, 6) is 6.70. The third-order valence-corrected chi connectivity index (χ3v) is 6.32. The van der Waals surface area contributed by atoms with Gasteiger partial charge in [-0.05, 0) is 51.2 Å². The lowest BCUT2D eigenvalue weighted by atomic mass is 9.96. The zero-order chi connectivity index (χ0) is 25.8. The second kappa shape index (κ2) is 10.9. The molecule has 2 aromatic carbocycles. The predicted molar refractivity (Wildman–Crippen MR) is 130 cm³/mol. The van der Waals surface area contributed by atoms with E-state index in [0.29, 0.717) is 43.1 Å². The van der Waals surface area contributed by atoms with Gasteiger partial charge in [-0.15, -0.1) is 0 Å². The second-order valence-electron chi connectivity index (χ2n) is 8.76. The summed E-state index contributed by atoms with van der Waals surface area (Å²) in [6, 6.07) is 9.75. The molecule has 188 valence electrons. The lowest BCUT2D eigenvalue weighted by molar-refractivity contribution is -0.140. The Bertz CT molecular complexity index is 1340. The van der Waals surface area contributed by atoms with Crippen molar-refractivity contribution in [3.63, 3.8) is 0 Å². The minimum Gasteiger partial charge on any atom is -0.469 e. The first-order chi connectivity index (χ1) is 17.3. The fraction of sp³-hybridized carbons (Fsp3) is 0.370. The van der Waals surface area contributed by atoms with Crippen LogP contribution in [0.3, 0.4) is 0 Å². The first-order valence-electron chi connectivity index (χ1n) is 11.6. The second-order valence-corrected chi connectivity index (χ2v) is 8.76. The topological polar surface area (TPSA) is 73.7 Å². The Morgan fingerprint density at radius 2 is 2.11 bits per heavy atom. The van der Waals surface area contributed by atoms with Gasteiger partial charge in [-0.2, -0.15) is 8.78 Å². The Morgan fingerprint density at radius 3 is 2.81 bits per heavy atom. The maximum Gasteiger partial charge on any atom is 0.387 e. The van der Waals surface area contributed by atoms with Gasteiger partial charge in [0.25, 0.3) is 0 Å². The highest BCUT2D eigenvalue weighted by molar-refractivity contribution is 5.82. The van der Waals surface area contributed by atoms with Crippen molar-refractivity contribution in [2.75, 3.05) is 21.2 Å². The lowest BCUT2D eigenvalue weighted by Gasteiger charge is -2.22. The van der Waals surface area contributed by atoms with Gasteiger partial charge in [-0.3, -0.25) is 14.5 Å². The van der Waals surface area contributed by atoms with E-state index >= 15 is 0 Å². The number of methoxy groups -OCH3 is 1. The number of benzene rings is 2. The van der Waals surface area contributed by atoms with Crippen molar-refractivity contribution in [1.29, 1.82) is 0 Å². The predicted octanol–water partition coefficient (Wildman–Crippen LogP) is 4.74. The third kappa shape index (κ3) is 5.09. The fourth-order valence-corrected chi connectivity index (χ4v) is 4.67. The molecule has 0 radical (unpaired) electrons. The number of ether oxygens (including phenoxy) is 2. The summed E-state index contributed by atoms with van der Waals surface area (Å²) >= 11 is 0. The molecule has 1 unspecified atom stereocenters. The number of carbonyl (C=O) groups is 2. The van der Waals surface area contributed by atoms with Gasteiger partial charge in [0.1, 0.15) is 11.6 Å². The van der Waals surface area contributed by atoms with E-state index in [1.54, 1.807) is 6.07 Å². The number of hydrogen-bond acceptors (Lipinski definition) is 6. The third-order valence-electron chi connectivity index (χ3n) is 6.32. The van der Waals surface area contributed by atoms with Crippen molar-refractivity contribution in [1.82, 2.24) is 14.5 Å². The molecule has 2 atom stereocenters. The number of carbonyl (C=O) groups excluding carboxylic acids is 2. The highest BCUT2D eigenvalue weighted by atomic mass is 19.3. The minimum atomic E-state index is -3.02. The molecular formula is C27H27F2N3O4. The molecule has 9 heteroatoms. The highest BCUT2D eigenvalue weighted by Crippen LogP contribution is 2.46. The number of nitrogens with zero attached hydrogens (tertiary/aromatic N) is 3. The molecule has 1 aliphatic heterocycles. The number of alkyl halides is 2. The van der Waals surface area contributed by atoms with Gasteiger partial charge in [0.2, 0.25) is 0 Å². The molecule has 1 aliphatic rings. The summed E-state index contributed by atoms with van der Waals surface area (Å²) in [7, 11) is 5.23. The summed E-state index contributed by atoms with van der Waals surface area (Å²) in [6.45, 7) is -3.02. The zero-order valence-electron chi connectivity index (χ0n) is 20.3. The van der Waals surface area contributed by atoms with Gasteiger partial charge in [0.05, 0.1) is 30.2 Å². The number of imidazole rings is 1. The number of aromatic nitrogens is 2. The molecule has 36 heavy (non-hydrogen) atoms. The number of aldehydes is 1. The van der Waals surface area contributed by atoms with Gasteiger partial charge in [-0.1, -0.05) is 24.0 Å². The van der Waals surface area contributed by atoms with Crippen LogP contribution in [0.25, 0.3) is 11.0 Å². The summed E-state index contributed by atoms with van der Waals surface area (Å²) < 4.78 is 37.9. The Kier molecular flexibility index (Phi) is 7.65. The molecule has 0 fully saturated rings. The van der Waals surface area contributed by atoms with Crippen molar-refractivity contribution >= 4 is 23.3 Å². The molecule has 3 aromatic rings. The lowest BCUT2D eigenvalue weighted by Crippen LogP contribution is -2.18.